The van der Waals surface area contributed by atoms with Gasteiger partial charge >= 0.3 is 0 Å². The van der Waals surface area contributed by atoms with E-state index in [2.05, 4.69) is 173 Å². The van der Waals surface area contributed by atoms with Gasteiger partial charge in [-0.05, 0) is 185 Å². The van der Waals surface area contributed by atoms with Gasteiger partial charge in [-0.1, -0.05) is 163 Å². The first-order valence-corrected chi connectivity index (χ1v) is 23.4. The zero-order chi connectivity index (χ0) is 41.6. The second kappa shape index (κ2) is 12.0. The Kier molecular flexibility index (Phi) is 6.64. The van der Waals surface area contributed by atoms with Gasteiger partial charge < -0.3 is 0 Å². The summed E-state index contributed by atoms with van der Waals surface area (Å²) >= 11 is 0. The summed E-state index contributed by atoms with van der Waals surface area (Å²) in [4.78, 5) is 0. The maximum atomic E-state index is 2.65. The molecule has 0 amide bonds. The summed E-state index contributed by atoms with van der Waals surface area (Å²) in [5, 5.41) is 5.64. The monoisotopic (exact) mass is 802 g/mol. The van der Waals surface area contributed by atoms with Crippen LogP contribution in [-0.4, -0.2) is 0 Å². The highest BCUT2D eigenvalue weighted by Gasteiger charge is 2.54. The van der Waals surface area contributed by atoms with Crippen LogP contribution in [0.1, 0.15) is 75.4 Å². The highest BCUT2D eigenvalue weighted by atomic mass is 14.6. The highest BCUT2D eigenvalue weighted by molar-refractivity contribution is 6.30. The number of rotatable bonds is 3. The van der Waals surface area contributed by atoms with E-state index in [1.54, 1.807) is 0 Å². The minimum Gasteiger partial charge on any atom is -0.0836 e. The quantitative estimate of drug-likeness (QED) is 0.156. The third-order valence-electron chi connectivity index (χ3n) is 16.5. The van der Waals surface area contributed by atoms with Crippen molar-refractivity contribution in [1.29, 1.82) is 0 Å². The first kappa shape index (κ1) is 34.8. The van der Waals surface area contributed by atoms with Crippen LogP contribution in [-0.2, 0) is 6.42 Å². The molecule has 6 aromatic rings. The molecule has 0 heterocycles. The zero-order valence-corrected chi connectivity index (χ0v) is 36.3. The average Bonchev–Trinajstić information content (AvgIpc) is 3.94. The molecule has 0 spiro atoms. The smallest absolute Gasteiger partial charge is 0.0212 e. The van der Waals surface area contributed by atoms with Crippen molar-refractivity contribution in [1.82, 2.24) is 0 Å². The molecule has 4 unspecified atom stereocenters. The van der Waals surface area contributed by atoms with Gasteiger partial charge in [-0.15, -0.1) is 0 Å². The maximum absolute atomic E-state index is 2.65. The van der Waals surface area contributed by atoms with Gasteiger partial charge in [0.1, 0.15) is 0 Å². The van der Waals surface area contributed by atoms with Gasteiger partial charge in [-0.25, -0.2) is 0 Å². The van der Waals surface area contributed by atoms with Crippen molar-refractivity contribution in [3.63, 3.8) is 0 Å². The van der Waals surface area contributed by atoms with Gasteiger partial charge in [0.15, 0.2) is 0 Å². The minimum absolute atomic E-state index is 0.238. The van der Waals surface area contributed by atoms with E-state index in [0.717, 1.165) is 19.3 Å². The van der Waals surface area contributed by atoms with Crippen LogP contribution >= 0.6 is 0 Å². The van der Waals surface area contributed by atoms with Crippen molar-refractivity contribution in [2.24, 2.45) is 23.7 Å². The molecule has 0 bridgehead atoms. The predicted octanol–water partition coefficient (Wildman–Crippen LogP) is 15.9. The van der Waals surface area contributed by atoms with Gasteiger partial charge in [0.05, 0.1) is 0 Å². The molecule has 0 aromatic heterocycles. The normalized spacial score (nSPS) is 23.2. The summed E-state index contributed by atoms with van der Waals surface area (Å²) in [6.07, 6.45) is 28.3. The van der Waals surface area contributed by atoms with Crippen molar-refractivity contribution >= 4 is 55.0 Å². The second-order valence-corrected chi connectivity index (χ2v) is 19.8. The van der Waals surface area contributed by atoms with E-state index in [0.29, 0.717) is 11.8 Å². The van der Waals surface area contributed by atoms with Crippen molar-refractivity contribution in [3.8, 4) is 22.3 Å². The standard InChI is InChI=1S/C63H46/c1-5-35-26-34(4)29-37(30-35)55-61-49-16-10-15-42-40-13-8-9-14-41(40)52(56(42)49)31-53(61)54(36-27-32(2)25-33(3)28-36)62-50-23-21-47-45-19-17-43-38-11-6-7-12-39(38)44-18-20-46(58(45)57(43)44)48-22-24-51(63(55)62)60(50)59(47)48/h6-8,10-13,15-31,57-60H,5,9,14H2,1-4H3. The Morgan fingerprint density at radius 1 is 0.444 bits per heavy atom. The first-order chi connectivity index (χ1) is 30.9. The van der Waals surface area contributed by atoms with E-state index in [1.807, 2.05) is 0 Å². The van der Waals surface area contributed by atoms with Crippen LogP contribution in [0.5, 0.6) is 0 Å². The van der Waals surface area contributed by atoms with Crippen molar-refractivity contribution in [2.75, 3.05) is 0 Å². The van der Waals surface area contributed by atoms with Gasteiger partial charge in [0, 0.05) is 23.7 Å². The Bertz CT molecular complexity index is 3600. The lowest BCUT2D eigenvalue weighted by Crippen LogP contribution is -2.37. The first-order valence-electron chi connectivity index (χ1n) is 23.4. The highest BCUT2D eigenvalue weighted by Crippen LogP contribution is 2.69. The van der Waals surface area contributed by atoms with Gasteiger partial charge in [0.2, 0.25) is 0 Å². The lowest BCUT2D eigenvalue weighted by atomic mass is 9.54. The fraction of sp³-hybridized carbons (Fsp3) is 0.175. The molecule has 9 aliphatic rings. The van der Waals surface area contributed by atoms with E-state index < -0.39 is 0 Å². The zero-order valence-electron chi connectivity index (χ0n) is 36.3. The molecule has 298 valence electrons. The van der Waals surface area contributed by atoms with Crippen LogP contribution in [0, 0.1) is 44.4 Å². The summed E-state index contributed by atoms with van der Waals surface area (Å²) < 4.78 is 0. The summed E-state index contributed by atoms with van der Waals surface area (Å²) in [5.41, 5.74) is 34.5. The van der Waals surface area contributed by atoms with E-state index >= 15 is 0 Å². The minimum atomic E-state index is 0.238. The molecule has 0 N–H and O–H groups in total. The van der Waals surface area contributed by atoms with Crippen molar-refractivity contribution in [3.05, 3.63) is 224 Å². The van der Waals surface area contributed by atoms with Gasteiger partial charge in [-0.2, -0.15) is 0 Å². The molecule has 6 aromatic carbocycles. The SMILES string of the molecule is CCc1cc(C)cc(-c2c3c(c(-c4cc(C)cc(C)c4)c4cc5c6c(cccc6c24)C2=C5CCC=C2)C2=CC=C4C5=CC=C6c7ccccc7C7=CC=C(C8=CC=C3C2C48)C5C67)c1. The molecule has 1 saturated carbocycles. The molecule has 0 heteroatoms. The molecule has 0 saturated heterocycles. The van der Waals surface area contributed by atoms with E-state index in [9.17, 15) is 0 Å². The fourth-order valence-electron chi connectivity index (χ4n) is 14.4. The predicted molar refractivity (Wildman–Crippen MR) is 266 cm³/mol. The van der Waals surface area contributed by atoms with Crippen LogP contribution in [0.2, 0.25) is 0 Å². The van der Waals surface area contributed by atoms with E-state index in [-0.39, 0.29) is 11.8 Å². The Labute approximate surface area is 369 Å². The number of aryl methyl sites for hydroxylation is 4. The topological polar surface area (TPSA) is 0 Å². The molecule has 0 radical (unpaired) electrons. The molecule has 63 heavy (non-hydrogen) atoms. The second-order valence-electron chi connectivity index (χ2n) is 19.8. The summed E-state index contributed by atoms with van der Waals surface area (Å²) in [6.45, 7) is 9.17. The fourth-order valence-corrected chi connectivity index (χ4v) is 14.4. The van der Waals surface area contributed by atoms with Crippen molar-refractivity contribution in [2.45, 2.75) is 47.0 Å². The molecular weight excluding hydrogens is 757 g/mol. The number of benzene rings is 6. The van der Waals surface area contributed by atoms with Crippen LogP contribution in [0.4, 0.5) is 0 Å². The van der Waals surface area contributed by atoms with Crippen LogP contribution < -0.4 is 0 Å². The maximum Gasteiger partial charge on any atom is 0.0212 e. The summed E-state index contributed by atoms with van der Waals surface area (Å²) in [5.74, 6) is 1.24. The molecule has 15 rings (SSSR count). The third kappa shape index (κ3) is 4.28. The Hall–Kier alpha value is -6.76. The number of allylic oxidation sites excluding steroid dienone is 20. The molecule has 0 aliphatic heterocycles. The number of fused-ring (bicyclic) bond motifs is 12. The van der Waals surface area contributed by atoms with E-state index in [1.165, 1.54) is 155 Å². The lowest BCUT2D eigenvalue weighted by Gasteiger charge is -2.48. The van der Waals surface area contributed by atoms with Crippen LogP contribution in [0.15, 0.2) is 168 Å². The lowest BCUT2D eigenvalue weighted by molar-refractivity contribution is 0.525. The largest absolute Gasteiger partial charge is 0.0836 e. The average molecular weight is 803 g/mol. The molecule has 9 aliphatic carbocycles. The number of hydrogen-bond acceptors (Lipinski definition) is 0. The summed E-state index contributed by atoms with van der Waals surface area (Å²) in [6, 6.07) is 33.6. The Morgan fingerprint density at radius 2 is 0.984 bits per heavy atom. The van der Waals surface area contributed by atoms with Gasteiger partial charge in [-0.3, -0.25) is 0 Å². The molecule has 4 atom stereocenters. The van der Waals surface area contributed by atoms with Crippen LogP contribution in [0.3, 0.4) is 0 Å². The third-order valence-corrected chi connectivity index (χ3v) is 16.5. The van der Waals surface area contributed by atoms with E-state index in [4.69, 9.17) is 0 Å². The molecule has 0 nitrogen and oxygen atoms in total. The Morgan fingerprint density at radius 3 is 1.63 bits per heavy atom. The molecular formula is C63H46. The van der Waals surface area contributed by atoms with Crippen molar-refractivity contribution < 1.29 is 0 Å². The van der Waals surface area contributed by atoms with Crippen LogP contribution in [0.25, 0.3) is 77.2 Å². The number of hydrogen-bond donors (Lipinski definition) is 0. The summed E-state index contributed by atoms with van der Waals surface area (Å²) in [7, 11) is 0. The molecule has 1 fully saturated rings. The Balaban J connectivity index is 1.09. The van der Waals surface area contributed by atoms with Gasteiger partial charge in [0.25, 0.3) is 0 Å².